The quantitative estimate of drug-likeness (QED) is 0.636. The average molecular weight is 328 g/mol. The van der Waals surface area contributed by atoms with E-state index in [1.807, 2.05) is 67.1 Å². The molecule has 1 unspecified atom stereocenters. The molecular weight excluding hydrogens is 313 g/mol. The van der Waals surface area contributed by atoms with E-state index in [0.29, 0.717) is 5.46 Å². The van der Waals surface area contributed by atoms with Crippen molar-refractivity contribution in [2.75, 3.05) is 0 Å². The molecule has 1 aliphatic heterocycles. The maximum absolute atomic E-state index is 13.4. The van der Waals surface area contributed by atoms with Crippen LogP contribution in [-0.4, -0.2) is 21.0 Å². The fraction of sp³-hybridized carbons (Fsp3) is 0. The first-order valence-electron chi connectivity index (χ1n) is 8.25. The normalized spacial score (nSPS) is 24.3. The van der Waals surface area contributed by atoms with Gasteiger partial charge in [-0.2, -0.15) is 5.46 Å². The number of hydrogen-bond acceptors (Lipinski definition) is 3. The lowest BCUT2D eigenvalue weighted by atomic mass is 9.55. The van der Waals surface area contributed by atoms with E-state index in [2.05, 4.69) is 0 Å². The minimum absolute atomic E-state index is 0.465. The number of allylic oxidation sites excluding steroid dienone is 4. The molecule has 3 radical (unpaired) electrons. The summed E-state index contributed by atoms with van der Waals surface area (Å²) in [6.07, 6.45) is 9.43. The summed E-state index contributed by atoms with van der Waals surface area (Å²) in [4.78, 5) is 0. The van der Waals surface area contributed by atoms with E-state index in [-0.39, 0.29) is 0 Å². The third kappa shape index (κ3) is 3.41. The average Bonchev–Trinajstić information content (AvgIpc) is 2.70. The standard InChI is InChI=1S/C18H15B3O4/c22-21(18-14-8-3-9-15-18)24-19(16-10-4-1-5-11-16)23-20(25-21)17-12-6-2-7-13-17/h1-15H/q-1. The minimum atomic E-state index is -2.93. The predicted molar refractivity (Wildman–Crippen MR) is 99.2 cm³/mol. The van der Waals surface area contributed by atoms with Gasteiger partial charge in [-0.25, -0.2) is 0 Å². The highest BCUT2D eigenvalue weighted by Crippen LogP contribution is 2.25. The molecule has 2 aromatic carbocycles. The highest BCUT2D eigenvalue weighted by Gasteiger charge is 2.34. The van der Waals surface area contributed by atoms with Gasteiger partial charge >= 0.3 is 6.75 Å². The lowest BCUT2D eigenvalue weighted by Crippen LogP contribution is -2.67. The first-order chi connectivity index (χ1) is 12.2. The Hall–Kier alpha value is -2.31. The predicted octanol–water partition coefficient (Wildman–Crippen LogP) is 1.65. The first kappa shape index (κ1) is 16.2. The van der Waals surface area contributed by atoms with Gasteiger partial charge in [0.15, 0.2) is 0 Å². The highest BCUT2D eigenvalue weighted by molar-refractivity contribution is 6.90. The van der Waals surface area contributed by atoms with E-state index in [9.17, 15) is 5.02 Å². The molecule has 1 aliphatic carbocycles. The Labute approximate surface area is 148 Å². The third-order valence-electron chi connectivity index (χ3n) is 4.20. The summed E-state index contributed by atoms with van der Waals surface area (Å²) in [6.45, 7) is -2.93. The van der Waals surface area contributed by atoms with Gasteiger partial charge in [-0.05, 0) is 0 Å². The summed E-state index contributed by atoms with van der Waals surface area (Å²) in [5.74, 6) is 0.782. The fourth-order valence-corrected chi connectivity index (χ4v) is 2.91. The summed E-state index contributed by atoms with van der Waals surface area (Å²) >= 11 is 0. The third-order valence-corrected chi connectivity index (χ3v) is 4.20. The van der Waals surface area contributed by atoms with Gasteiger partial charge in [-0.1, -0.05) is 60.7 Å². The first-order valence-corrected chi connectivity index (χ1v) is 8.25. The molecule has 2 aromatic rings. The Morgan fingerprint density at radius 3 is 2.20 bits per heavy atom. The Kier molecular flexibility index (Phi) is 4.47. The van der Waals surface area contributed by atoms with E-state index < -0.39 is 21.0 Å². The monoisotopic (exact) mass is 328 g/mol. The van der Waals surface area contributed by atoms with Gasteiger partial charge in [-0.15, -0.1) is 5.46 Å². The highest BCUT2D eigenvalue weighted by atomic mass is 16.8. The van der Waals surface area contributed by atoms with Crippen molar-refractivity contribution >= 4 is 31.9 Å². The molecular formula is C18H15B3O4-. The van der Waals surface area contributed by atoms with Crippen molar-refractivity contribution < 1.29 is 18.7 Å². The van der Waals surface area contributed by atoms with Crippen molar-refractivity contribution in [3.63, 3.8) is 0 Å². The van der Waals surface area contributed by atoms with Gasteiger partial charge in [-0.3, -0.25) is 0 Å². The molecule has 4 rings (SSSR count). The van der Waals surface area contributed by atoms with Crippen molar-refractivity contribution in [1.82, 2.24) is 0 Å². The second kappa shape index (κ2) is 6.90. The Morgan fingerprint density at radius 2 is 1.52 bits per heavy atom. The summed E-state index contributed by atoms with van der Waals surface area (Å²) < 4.78 is 17.5. The summed E-state index contributed by atoms with van der Waals surface area (Å²) in [7, 11) is -1.59. The van der Waals surface area contributed by atoms with Crippen LogP contribution in [0.5, 0.6) is 0 Å². The molecule has 0 aromatic heterocycles. The molecule has 25 heavy (non-hydrogen) atoms. The largest absolute Gasteiger partial charge is 0.802 e. The summed E-state index contributed by atoms with van der Waals surface area (Å²) in [5, 5.41) is 13.4. The van der Waals surface area contributed by atoms with Gasteiger partial charge in [0.1, 0.15) is 30.7 Å². The van der Waals surface area contributed by atoms with Crippen molar-refractivity contribution in [1.29, 1.82) is 0 Å². The second-order valence-electron chi connectivity index (χ2n) is 5.95. The molecule has 1 fully saturated rings. The van der Waals surface area contributed by atoms with E-state index in [0.717, 1.165) is 11.3 Å². The van der Waals surface area contributed by atoms with Gasteiger partial charge in [0.25, 0.3) is 0 Å². The van der Waals surface area contributed by atoms with Crippen molar-refractivity contribution in [3.05, 3.63) is 97.2 Å². The van der Waals surface area contributed by atoms with Crippen LogP contribution in [0.15, 0.2) is 85.0 Å². The molecule has 0 amide bonds. The molecule has 0 bridgehead atoms. The van der Waals surface area contributed by atoms with Gasteiger partial charge in [0.2, 0.25) is 7.12 Å². The van der Waals surface area contributed by atoms with E-state index in [1.54, 1.807) is 24.3 Å². The summed E-state index contributed by atoms with van der Waals surface area (Å²) in [5.41, 5.74) is 1.25. The Balaban J connectivity index is 1.68. The van der Waals surface area contributed by atoms with Gasteiger partial charge in [0.05, 0.1) is 7.12 Å². The molecule has 4 nitrogen and oxygen atoms in total. The Bertz CT molecular complexity index is 756. The zero-order valence-corrected chi connectivity index (χ0v) is 13.5. The van der Waals surface area contributed by atoms with Crippen LogP contribution < -0.4 is 10.9 Å². The fourth-order valence-electron chi connectivity index (χ4n) is 2.91. The topological polar surface area (TPSA) is 47.6 Å². The smallest absolute Gasteiger partial charge is 0.348 e. The lowest BCUT2D eigenvalue weighted by Gasteiger charge is -2.63. The molecule has 0 N–H and O–H groups in total. The van der Waals surface area contributed by atoms with Crippen LogP contribution >= 0.6 is 0 Å². The van der Waals surface area contributed by atoms with Crippen LogP contribution in [0.3, 0.4) is 0 Å². The van der Waals surface area contributed by atoms with Crippen molar-refractivity contribution in [2.24, 2.45) is 0 Å². The van der Waals surface area contributed by atoms with Gasteiger partial charge in [0, 0.05) is 5.82 Å². The van der Waals surface area contributed by atoms with E-state index in [4.69, 9.17) is 13.7 Å². The van der Waals surface area contributed by atoms with Crippen molar-refractivity contribution in [3.8, 4) is 0 Å². The molecule has 121 valence electrons. The van der Waals surface area contributed by atoms with Crippen molar-refractivity contribution in [2.45, 2.75) is 0 Å². The van der Waals surface area contributed by atoms with Crippen LogP contribution in [0.1, 0.15) is 0 Å². The molecule has 1 atom stereocenters. The van der Waals surface area contributed by atoms with E-state index >= 15 is 0 Å². The molecule has 1 heterocycles. The molecule has 0 saturated carbocycles. The van der Waals surface area contributed by atoms with Crippen LogP contribution in [0, 0.1) is 12.2 Å². The SMILES string of the molecule is [O][B-]1(c2ccccc2)O[B-](c2ccccc2)O[B-]([C+]2C=C[CH+]C=C2)O1. The zero-order valence-electron chi connectivity index (χ0n) is 13.5. The van der Waals surface area contributed by atoms with Crippen LogP contribution in [0.4, 0.5) is 0 Å². The number of rotatable bonds is 3. The molecule has 7 heteroatoms. The zero-order chi connectivity index (χ0) is 17.1. The van der Waals surface area contributed by atoms with Gasteiger partial charge < -0.3 is 18.7 Å². The number of benzene rings is 2. The van der Waals surface area contributed by atoms with E-state index in [1.165, 1.54) is 0 Å². The number of hydrogen-bond donors (Lipinski definition) is 0. The molecule has 2 aliphatic rings. The lowest BCUT2D eigenvalue weighted by molar-refractivity contribution is 0.168. The minimum Gasteiger partial charge on any atom is -0.802 e. The van der Waals surface area contributed by atoms with Crippen LogP contribution in [0.2, 0.25) is 0 Å². The molecule has 1 saturated heterocycles. The summed E-state index contributed by atoms with van der Waals surface area (Å²) in [6, 6.07) is 18.3. The molecule has 0 spiro atoms. The van der Waals surface area contributed by atoms with Crippen LogP contribution in [0.25, 0.3) is 0 Å². The second-order valence-corrected chi connectivity index (χ2v) is 5.95. The van der Waals surface area contributed by atoms with Crippen LogP contribution in [-0.2, 0) is 18.7 Å². The Morgan fingerprint density at radius 1 is 0.880 bits per heavy atom. The maximum atomic E-state index is 13.4. The maximum Gasteiger partial charge on any atom is 0.348 e.